The highest BCUT2D eigenvalue weighted by Gasteiger charge is 2.37. The molecular formula is C20H33N3O5. The van der Waals surface area contributed by atoms with Crippen LogP contribution in [0.1, 0.15) is 46.8 Å². The van der Waals surface area contributed by atoms with Crippen molar-refractivity contribution in [3.63, 3.8) is 0 Å². The van der Waals surface area contributed by atoms with Crippen molar-refractivity contribution in [1.82, 2.24) is 15.1 Å². The second kappa shape index (κ2) is 9.82. The van der Waals surface area contributed by atoms with E-state index in [0.717, 1.165) is 5.76 Å². The van der Waals surface area contributed by atoms with Gasteiger partial charge in [0.2, 0.25) is 0 Å². The summed E-state index contributed by atoms with van der Waals surface area (Å²) in [6, 6.07) is 3.35. The molecule has 158 valence electrons. The zero-order chi connectivity index (χ0) is 20.7. The Hall–Kier alpha value is -2.22. The number of nitrogens with one attached hydrogen (secondary N) is 1. The Morgan fingerprint density at radius 1 is 1.21 bits per heavy atom. The van der Waals surface area contributed by atoms with Crippen LogP contribution < -0.4 is 5.32 Å². The number of ether oxygens (including phenoxy) is 2. The average Bonchev–Trinajstić information content (AvgIpc) is 3.11. The first-order chi connectivity index (χ1) is 13.2. The summed E-state index contributed by atoms with van der Waals surface area (Å²) >= 11 is 0. The normalized spacial score (nSPS) is 20.2. The van der Waals surface area contributed by atoms with Gasteiger partial charge in [0.05, 0.1) is 18.3 Å². The molecule has 1 N–H and O–H groups in total. The number of hydrogen-bond acceptors (Lipinski definition) is 5. The van der Waals surface area contributed by atoms with Gasteiger partial charge >= 0.3 is 12.1 Å². The van der Waals surface area contributed by atoms with E-state index in [-0.39, 0.29) is 24.2 Å². The van der Waals surface area contributed by atoms with Crippen LogP contribution in [0.25, 0.3) is 0 Å². The number of hydrogen-bond donors (Lipinski definition) is 1. The minimum Gasteiger partial charge on any atom is -0.467 e. The predicted octanol–water partition coefficient (Wildman–Crippen LogP) is 3.23. The Morgan fingerprint density at radius 3 is 2.54 bits per heavy atom. The van der Waals surface area contributed by atoms with Gasteiger partial charge in [0.1, 0.15) is 18.0 Å². The lowest BCUT2D eigenvalue weighted by atomic mass is 10.1. The molecule has 0 unspecified atom stereocenters. The van der Waals surface area contributed by atoms with E-state index >= 15 is 0 Å². The standard InChI is InChI=1S/C20H33N3O5/c1-15-16(2)23(19(25)28-20(3,4)5)11-10-22(15)18(24)21-9-7-12-26-14-17-8-6-13-27-17/h6,8,13,15-16H,7,9-12,14H2,1-5H3,(H,21,24)/t15-,16+/m1/s1. The van der Waals surface area contributed by atoms with Gasteiger partial charge in [-0.05, 0) is 53.2 Å². The number of rotatable bonds is 6. The molecule has 2 rings (SSSR count). The number of nitrogens with zero attached hydrogens (tertiary/aromatic N) is 2. The van der Waals surface area contributed by atoms with Crippen LogP contribution in [0.15, 0.2) is 22.8 Å². The molecule has 1 aromatic rings. The van der Waals surface area contributed by atoms with Crippen molar-refractivity contribution in [2.75, 3.05) is 26.2 Å². The van der Waals surface area contributed by atoms with Crippen molar-refractivity contribution in [3.05, 3.63) is 24.2 Å². The van der Waals surface area contributed by atoms with Gasteiger partial charge in [-0.15, -0.1) is 0 Å². The van der Waals surface area contributed by atoms with Crippen LogP contribution in [0, 0.1) is 0 Å². The van der Waals surface area contributed by atoms with Gasteiger partial charge in [-0.25, -0.2) is 9.59 Å². The van der Waals surface area contributed by atoms with Gasteiger partial charge in [0.25, 0.3) is 0 Å². The molecule has 2 atom stereocenters. The maximum Gasteiger partial charge on any atom is 0.410 e. The fourth-order valence-corrected chi connectivity index (χ4v) is 3.05. The summed E-state index contributed by atoms with van der Waals surface area (Å²) in [5, 5.41) is 2.93. The first-order valence-electron chi connectivity index (χ1n) is 9.83. The van der Waals surface area contributed by atoms with E-state index in [1.165, 1.54) is 0 Å². The van der Waals surface area contributed by atoms with E-state index in [4.69, 9.17) is 13.9 Å². The van der Waals surface area contributed by atoms with Gasteiger partial charge in [-0.1, -0.05) is 0 Å². The molecule has 1 aliphatic rings. The highest BCUT2D eigenvalue weighted by molar-refractivity contribution is 5.75. The molecule has 1 aliphatic heterocycles. The summed E-state index contributed by atoms with van der Waals surface area (Å²) in [6.07, 6.45) is 2.00. The zero-order valence-electron chi connectivity index (χ0n) is 17.6. The van der Waals surface area contributed by atoms with Crippen molar-refractivity contribution in [2.24, 2.45) is 0 Å². The van der Waals surface area contributed by atoms with Crippen LogP contribution in [0.5, 0.6) is 0 Å². The largest absolute Gasteiger partial charge is 0.467 e. The van der Waals surface area contributed by atoms with Gasteiger partial charge in [-0.3, -0.25) is 0 Å². The van der Waals surface area contributed by atoms with Crippen LogP contribution in [0.3, 0.4) is 0 Å². The molecule has 0 bridgehead atoms. The summed E-state index contributed by atoms with van der Waals surface area (Å²) in [6.45, 7) is 11.9. The molecule has 1 fully saturated rings. The number of furan rings is 1. The quantitative estimate of drug-likeness (QED) is 0.748. The van der Waals surface area contributed by atoms with E-state index in [0.29, 0.717) is 39.3 Å². The highest BCUT2D eigenvalue weighted by atomic mass is 16.6. The summed E-state index contributed by atoms with van der Waals surface area (Å²) in [5.74, 6) is 0.787. The lowest BCUT2D eigenvalue weighted by Gasteiger charge is -2.44. The van der Waals surface area contributed by atoms with Gasteiger partial charge in [-0.2, -0.15) is 0 Å². The van der Waals surface area contributed by atoms with E-state index in [1.54, 1.807) is 16.1 Å². The van der Waals surface area contributed by atoms with Crippen molar-refractivity contribution in [2.45, 2.75) is 65.3 Å². The number of amides is 3. The number of piperazine rings is 1. The lowest BCUT2D eigenvalue weighted by Crippen LogP contribution is -2.62. The van der Waals surface area contributed by atoms with Crippen molar-refractivity contribution in [3.8, 4) is 0 Å². The Labute approximate surface area is 167 Å². The second-order valence-electron chi connectivity index (χ2n) is 8.07. The molecule has 1 aromatic heterocycles. The minimum atomic E-state index is -0.534. The summed E-state index contributed by atoms with van der Waals surface area (Å²) in [7, 11) is 0. The van der Waals surface area contributed by atoms with Gasteiger partial charge in [0, 0.05) is 26.2 Å². The summed E-state index contributed by atoms with van der Waals surface area (Å²) < 4.78 is 16.2. The predicted molar refractivity (Wildman–Crippen MR) is 105 cm³/mol. The maximum atomic E-state index is 12.5. The van der Waals surface area contributed by atoms with Crippen molar-refractivity contribution in [1.29, 1.82) is 0 Å². The van der Waals surface area contributed by atoms with Crippen LogP contribution in [-0.4, -0.2) is 65.9 Å². The fraction of sp³-hybridized carbons (Fsp3) is 0.700. The molecular weight excluding hydrogens is 362 g/mol. The smallest absolute Gasteiger partial charge is 0.410 e. The second-order valence-corrected chi connectivity index (χ2v) is 8.07. The molecule has 0 saturated carbocycles. The maximum absolute atomic E-state index is 12.5. The van der Waals surface area contributed by atoms with E-state index in [2.05, 4.69) is 5.32 Å². The highest BCUT2D eigenvalue weighted by Crippen LogP contribution is 2.20. The molecule has 2 heterocycles. The average molecular weight is 396 g/mol. The Bertz CT molecular complexity index is 626. The fourth-order valence-electron chi connectivity index (χ4n) is 3.05. The minimum absolute atomic E-state index is 0.100. The monoisotopic (exact) mass is 395 g/mol. The van der Waals surface area contributed by atoms with Gasteiger partial charge < -0.3 is 29.0 Å². The molecule has 0 aliphatic carbocycles. The number of urea groups is 1. The Morgan fingerprint density at radius 2 is 1.89 bits per heavy atom. The zero-order valence-corrected chi connectivity index (χ0v) is 17.6. The van der Waals surface area contributed by atoms with E-state index in [1.807, 2.05) is 46.8 Å². The molecule has 8 nitrogen and oxygen atoms in total. The first kappa shape index (κ1) is 22.1. The third-order valence-electron chi connectivity index (χ3n) is 4.72. The van der Waals surface area contributed by atoms with E-state index < -0.39 is 5.60 Å². The molecule has 0 radical (unpaired) electrons. The van der Waals surface area contributed by atoms with Crippen molar-refractivity contribution < 1.29 is 23.5 Å². The molecule has 3 amide bonds. The van der Waals surface area contributed by atoms with E-state index in [9.17, 15) is 9.59 Å². The molecule has 1 saturated heterocycles. The number of carbonyl (C=O) groups is 2. The molecule has 28 heavy (non-hydrogen) atoms. The Balaban J connectivity index is 1.70. The molecule has 0 aromatic carbocycles. The van der Waals surface area contributed by atoms with Crippen LogP contribution in [0.2, 0.25) is 0 Å². The van der Waals surface area contributed by atoms with Crippen LogP contribution >= 0.6 is 0 Å². The summed E-state index contributed by atoms with van der Waals surface area (Å²) in [5.41, 5.74) is -0.534. The molecule has 0 spiro atoms. The first-order valence-corrected chi connectivity index (χ1v) is 9.83. The summed E-state index contributed by atoms with van der Waals surface area (Å²) in [4.78, 5) is 28.3. The van der Waals surface area contributed by atoms with Crippen LogP contribution in [-0.2, 0) is 16.1 Å². The third kappa shape index (κ3) is 6.44. The lowest BCUT2D eigenvalue weighted by molar-refractivity contribution is -0.00547. The third-order valence-corrected chi connectivity index (χ3v) is 4.72. The number of carbonyl (C=O) groups excluding carboxylic acids is 2. The molecule has 8 heteroatoms. The Kier molecular flexibility index (Phi) is 7.74. The SMILES string of the molecule is C[C@@H]1[C@H](C)N(C(=O)OC(C)(C)C)CCN1C(=O)NCCCOCc1ccco1. The topological polar surface area (TPSA) is 84.2 Å². The van der Waals surface area contributed by atoms with Crippen molar-refractivity contribution >= 4 is 12.1 Å². The van der Waals surface area contributed by atoms with Gasteiger partial charge in [0.15, 0.2) is 0 Å². The van der Waals surface area contributed by atoms with Crippen LogP contribution in [0.4, 0.5) is 9.59 Å².